The number of rotatable bonds is 5. The number of Topliss-reactive ketones (excluding diaryl/α,β-unsaturated/α-hetero) is 1. The lowest BCUT2D eigenvalue weighted by atomic mass is 10.1. The topological polar surface area (TPSA) is 117 Å². The Morgan fingerprint density at radius 3 is 2.83 bits per heavy atom. The summed E-state index contributed by atoms with van der Waals surface area (Å²) >= 11 is 8.34. The lowest BCUT2D eigenvalue weighted by molar-refractivity contribution is -0.114. The van der Waals surface area contributed by atoms with Crippen LogP contribution in [0.1, 0.15) is 39.0 Å². The molecule has 3 heterocycles. The first kappa shape index (κ1) is 20.5. The van der Waals surface area contributed by atoms with E-state index in [0.717, 1.165) is 23.2 Å². The number of hydrogen-bond acceptors (Lipinski definition) is 8. The van der Waals surface area contributed by atoms with E-state index < -0.39 is 11.9 Å². The maximum atomic E-state index is 12.8. The van der Waals surface area contributed by atoms with E-state index in [4.69, 9.17) is 21.4 Å². The number of carbonyl (C=O) groups excluding carboxylic acids is 1. The van der Waals surface area contributed by atoms with E-state index >= 15 is 0 Å². The second-order valence-corrected chi connectivity index (χ2v) is 8.95. The summed E-state index contributed by atoms with van der Waals surface area (Å²) in [6, 6.07) is 7.96. The van der Waals surface area contributed by atoms with Crippen LogP contribution in [-0.4, -0.2) is 32.1 Å². The van der Waals surface area contributed by atoms with Gasteiger partial charge in [0.1, 0.15) is 27.5 Å². The van der Waals surface area contributed by atoms with Gasteiger partial charge in [0.05, 0.1) is 20.5 Å². The maximum absolute atomic E-state index is 12.8. The maximum Gasteiger partial charge on any atom is 0.337 e. The standard InChI is InChI=1S/C20H14ClN3O4S2/c1-2-15-23-24-19(30-15)16-17(25)14(29-18(16)22)8-10-4-6-13(28-10)9-3-5-12(21)11(7-9)20(26)27/h3-8,16,22H,2H2,1H3,(H,26,27)/b14-8-,22-18?/t16-/m0/s1. The van der Waals surface area contributed by atoms with E-state index in [1.807, 2.05) is 6.92 Å². The Morgan fingerprint density at radius 1 is 1.33 bits per heavy atom. The predicted molar refractivity (Wildman–Crippen MR) is 116 cm³/mol. The molecule has 3 aromatic rings. The van der Waals surface area contributed by atoms with Crippen molar-refractivity contribution < 1.29 is 19.1 Å². The number of aryl methyl sites for hydroxylation is 1. The largest absolute Gasteiger partial charge is 0.478 e. The summed E-state index contributed by atoms with van der Waals surface area (Å²) in [6.45, 7) is 1.96. The van der Waals surface area contributed by atoms with Crippen molar-refractivity contribution in [1.82, 2.24) is 10.2 Å². The van der Waals surface area contributed by atoms with Crippen molar-refractivity contribution in [1.29, 1.82) is 5.41 Å². The summed E-state index contributed by atoms with van der Waals surface area (Å²) in [5, 5.41) is 27.2. The van der Waals surface area contributed by atoms with Gasteiger partial charge in [-0.2, -0.15) is 0 Å². The highest BCUT2D eigenvalue weighted by molar-refractivity contribution is 8.19. The average molecular weight is 460 g/mol. The van der Waals surface area contributed by atoms with Gasteiger partial charge in [-0.05, 0) is 42.8 Å². The minimum atomic E-state index is -1.13. The highest BCUT2D eigenvalue weighted by atomic mass is 35.5. The number of aromatic carboxylic acids is 1. The number of aromatic nitrogens is 2. The second-order valence-electron chi connectivity index (χ2n) is 6.36. The Morgan fingerprint density at radius 2 is 2.13 bits per heavy atom. The number of halogens is 1. The van der Waals surface area contributed by atoms with Crippen LogP contribution in [0.5, 0.6) is 0 Å². The van der Waals surface area contributed by atoms with Gasteiger partial charge in [-0.25, -0.2) is 4.79 Å². The van der Waals surface area contributed by atoms with Gasteiger partial charge in [-0.15, -0.1) is 21.5 Å². The number of nitrogens with zero attached hydrogens (tertiary/aromatic N) is 2. The minimum Gasteiger partial charge on any atom is -0.478 e. The molecule has 0 bridgehead atoms. The molecule has 1 saturated heterocycles. The highest BCUT2D eigenvalue weighted by Crippen LogP contribution is 2.41. The monoisotopic (exact) mass is 459 g/mol. The van der Waals surface area contributed by atoms with Crippen molar-refractivity contribution in [3.8, 4) is 11.3 Å². The van der Waals surface area contributed by atoms with Crippen LogP contribution in [0.15, 0.2) is 39.7 Å². The van der Waals surface area contributed by atoms with Gasteiger partial charge in [0.15, 0.2) is 5.78 Å². The van der Waals surface area contributed by atoms with Gasteiger partial charge >= 0.3 is 5.97 Å². The van der Waals surface area contributed by atoms with Gasteiger partial charge in [-0.3, -0.25) is 10.2 Å². The summed E-state index contributed by atoms with van der Waals surface area (Å²) < 4.78 is 5.78. The van der Waals surface area contributed by atoms with E-state index in [-0.39, 0.29) is 21.4 Å². The summed E-state index contributed by atoms with van der Waals surface area (Å²) in [4.78, 5) is 24.5. The number of nitrogens with one attached hydrogen (secondary N) is 1. The van der Waals surface area contributed by atoms with E-state index in [1.54, 1.807) is 24.3 Å². The Bertz CT molecular complexity index is 1210. The van der Waals surface area contributed by atoms with E-state index in [0.29, 0.717) is 27.0 Å². The Labute approximate surface area is 184 Å². The Balaban J connectivity index is 1.60. The van der Waals surface area contributed by atoms with Crippen LogP contribution in [0.4, 0.5) is 0 Å². The number of carbonyl (C=O) groups is 2. The highest BCUT2D eigenvalue weighted by Gasteiger charge is 2.39. The molecule has 1 aromatic carbocycles. The third-order valence-electron chi connectivity index (χ3n) is 4.40. The number of thioether (sulfide) groups is 1. The van der Waals surface area contributed by atoms with Crippen molar-refractivity contribution in [2.24, 2.45) is 0 Å². The first-order chi connectivity index (χ1) is 14.4. The predicted octanol–water partition coefficient (Wildman–Crippen LogP) is 5.13. The molecule has 7 nitrogen and oxygen atoms in total. The van der Waals surface area contributed by atoms with E-state index in [9.17, 15) is 14.7 Å². The minimum absolute atomic E-state index is 0.0215. The molecule has 2 N–H and O–H groups in total. The molecule has 0 saturated carbocycles. The van der Waals surface area contributed by atoms with Gasteiger partial charge in [-0.1, -0.05) is 30.3 Å². The molecule has 0 spiro atoms. The molecular formula is C20H14ClN3O4S2. The third-order valence-corrected chi connectivity index (χ3v) is 6.86. The smallest absolute Gasteiger partial charge is 0.337 e. The SMILES string of the molecule is CCc1nnc([C@@H]2C(=N)S/C(=C\c3ccc(-c4ccc(Cl)c(C(=O)O)c4)o3)C2=O)s1. The van der Waals surface area contributed by atoms with Gasteiger partial charge < -0.3 is 9.52 Å². The molecule has 30 heavy (non-hydrogen) atoms. The molecule has 0 amide bonds. The first-order valence-electron chi connectivity index (χ1n) is 8.85. The van der Waals surface area contributed by atoms with Crippen LogP contribution >= 0.6 is 34.7 Å². The Kier molecular flexibility index (Phi) is 5.59. The summed E-state index contributed by atoms with van der Waals surface area (Å²) in [7, 11) is 0. The summed E-state index contributed by atoms with van der Waals surface area (Å²) in [5.41, 5.74) is 0.533. The number of carboxylic acid groups (broad SMARTS) is 1. The van der Waals surface area contributed by atoms with Crippen molar-refractivity contribution in [2.75, 3.05) is 0 Å². The quantitative estimate of drug-likeness (QED) is 0.508. The number of furan rings is 1. The fourth-order valence-electron chi connectivity index (χ4n) is 2.90. The van der Waals surface area contributed by atoms with Crippen molar-refractivity contribution in [3.63, 3.8) is 0 Å². The van der Waals surface area contributed by atoms with Crippen LogP contribution in [0.25, 0.3) is 17.4 Å². The summed E-state index contributed by atoms with van der Waals surface area (Å²) in [6.07, 6.45) is 2.31. The fourth-order valence-corrected chi connectivity index (χ4v) is 5.03. The zero-order chi connectivity index (χ0) is 21.4. The molecule has 0 radical (unpaired) electrons. The first-order valence-corrected chi connectivity index (χ1v) is 10.9. The second kappa shape index (κ2) is 8.17. The van der Waals surface area contributed by atoms with Crippen molar-refractivity contribution in [3.05, 3.63) is 61.6 Å². The van der Waals surface area contributed by atoms with Crippen molar-refractivity contribution >= 4 is 57.6 Å². The van der Waals surface area contributed by atoms with Crippen molar-refractivity contribution in [2.45, 2.75) is 19.3 Å². The number of benzene rings is 1. The molecule has 10 heteroatoms. The molecule has 0 unspecified atom stereocenters. The normalized spacial score (nSPS) is 17.8. The molecule has 152 valence electrons. The van der Waals surface area contributed by atoms with Gasteiger partial charge in [0, 0.05) is 5.56 Å². The molecule has 2 aromatic heterocycles. The molecule has 0 aliphatic carbocycles. The molecule has 1 aliphatic rings. The molecule has 1 atom stereocenters. The lowest BCUT2D eigenvalue weighted by Crippen LogP contribution is -2.11. The van der Waals surface area contributed by atoms with E-state index in [2.05, 4.69) is 10.2 Å². The molecular weight excluding hydrogens is 446 g/mol. The lowest BCUT2D eigenvalue weighted by Gasteiger charge is -2.02. The fraction of sp³-hybridized carbons (Fsp3) is 0.150. The zero-order valence-corrected chi connectivity index (χ0v) is 17.9. The number of ketones is 1. The van der Waals surface area contributed by atoms with Gasteiger partial charge in [0.2, 0.25) is 0 Å². The van der Waals surface area contributed by atoms with Crippen LogP contribution in [0.3, 0.4) is 0 Å². The zero-order valence-electron chi connectivity index (χ0n) is 15.5. The van der Waals surface area contributed by atoms with E-state index in [1.165, 1.54) is 23.5 Å². The van der Waals surface area contributed by atoms with Crippen LogP contribution < -0.4 is 0 Å². The van der Waals surface area contributed by atoms with Crippen LogP contribution in [0, 0.1) is 5.41 Å². The summed E-state index contributed by atoms with van der Waals surface area (Å²) in [5.74, 6) is -1.19. The average Bonchev–Trinajstić information content (AvgIpc) is 3.42. The number of carboxylic acids is 1. The molecule has 1 aliphatic heterocycles. The number of allylic oxidation sites excluding steroid dienone is 1. The van der Waals surface area contributed by atoms with Crippen LogP contribution in [0.2, 0.25) is 5.02 Å². The Hall–Kier alpha value is -2.75. The molecule has 1 fully saturated rings. The van der Waals surface area contributed by atoms with Crippen LogP contribution in [-0.2, 0) is 11.2 Å². The number of hydrogen-bond donors (Lipinski definition) is 2. The third kappa shape index (κ3) is 3.83. The molecule has 4 rings (SSSR count). The van der Waals surface area contributed by atoms with Gasteiger partial charge in [0.25, 0.3) is 0 Å².